The lowest BCUT2D eigenvalue weighted by molar-refractivity contribution is -0.121. The highest BCUT2D eigenvalue weighted by Gasteiger charge is 2.21. The fourth-order valence-electron chi connectivity index (χ4n) is 2.42. The van der Waals surface area contributed by atoms with Crippen LogP contribution in [0, 0.1) is 0 Å². The quantitative estimate of drug-likeness (QED) is 0.806. The molecule has 2 N–H and O–H groups in total. The molecule has 0 heterocycles. The Balaban J connectivity index is 1.83. The van der Waals surface area contributed by atoms with Gasteiger partial charge in [0.05, 0.1) is 0 Å². The first-order chi connectivity index (χ1) is 8.31. The van der Waals surface area contributed by atoms with Gasteiger partial charge in [-0.3, -0.25) is 4.79 Å². The summed E-state index contributed by atoms with van der Waals surface area (Å²) in [6, 6.07) is 8.55. The molecular formula is C14H20N2O. The summed E-state index contributed by atoms with van der Waals surface area (Å²) in [7, 11) is 1.86. The maximum absolute atomic E-state index is 11.5. The average Bonchev–Trinajstić information content (AvgIpc) is 2.77. The molecule has 3 nitrogen and oxygen atoms in total. The molecule has 17 heavy (non-hydrogen) atoms. The van der Waals surface area contributed by atoms with Crippen molar-refractivity contribution in [3.63, 3.8) is 0 Å². The van der Waals surface area contributed by atoms with Crippen molar-refractivity contribution in [2.24, 2.45) is 0 Å². The Labute approximate surface area is 103 Å². The van der Waals surface area contributed by atoms with Crippen LogP contribution in [-0.4, -0.2) is 26.0 Å². The summed E-state index contributed by atoms with van der Waals surface area (Å²) in [5.41, 5.74) is 2.86. The van der Waals surface area contributed by atoms with E-state index < -0.39 is 0 Å². The first kappa shape index (κ1) is 12.1. The predicted molar refractivity (Wildman–Crippen MR) is 69.1 cm³/mol. The Morgan fingerprint density at radius 3 is 3.06 bits per heavy atom. The highest BCUT2D eigenvalue weighted by molar-refractivity contribution is 5.76. The molecule has 1 unspecified atom stereocenters. The highest BCUT2D eigenvalue weighted by Crippen LogP contribution is 2.31. The van der Waals surface area contributed by atoms with Crippen molar-refractivity contribution in [3.8, 4) is 0 Å². The van der Waals surface area contributed by atoms with Crippen LogP contribution < -0.4 is 10.6 Å². The molecule has 0 bridgehead atoms. The van der Waals surface area contributed by atoms with Crippen molar-refractivity contribution in [1.29, 1.82) is 0 Å². The van der Waals surface area contributed by atoms with Crippen molar-refractivity contribution in [2.75, 3.05) is 20.1 Å². The Morgan fingerprint density at radius 1 is 1.41 bits per heavy atom. The number of hydrogen-bond donors (Lipinski definition) is 2. The molecule has 1 amide bonds. The molecule has 0 spiro atoms. The molecule has 0 aromatic heterocycles. The Morgan fingerprint density at radius 2 is 2.24 bits per heavy atom. The van der Waals surface area contributed by atoms with Gasteiger partial charge in [0.15, 0.2) is 0 Å². The minimum absolute atomic E-state index is 0.142. The fourth-order valence-corrected chi connectivity index (χ4v) is 2.42. The van der Waals surface area contributed by atoms with Crippen LogP contribution in [-0.2, 0) is 11.2 Å². The molecule has 3 heteroatoms. The summed E-state index contributed by atoms with van der Waals surface area (Å²) >= 11 is 0. The number of hydrogen-bond acceptors (Lipinski definition) is 2. The molecule has 2 rings (SSSR count). The number of carbonyl (C=O) groups is 1. The molecule has 1 aliphatic rings. The molecular weight excluding hydrogens is 212 g/mol. The van der Waals surface area contributed by atoms with Crippen LogP contribution in [0.15, 0.2) is 24.3 Å². The number of aryl methyl sites for hydroxylation is 1. The van der Waals surface area contributed by atoms with Crippen LogP contribution >= 0.6 is 0 Å². The predicted octanol–water partition coefficient (Wildman–Crippen LogP) is 1.44. The lowest BCUT2D eigenvalue weighted by Gasteiger charge is -2.12. The van der Waals surface area contributed by atoms with Gasteiger partial charge in [-0.1, -0.05) is 24.3 Å². The number of nitrogens with one attached hydrogen (secondary N) is 2. The standard InChI is InChI=1S/C14H20N2O/c1-15-9-8-14(17)16-10-12-7-6-11-4-2-3-5-13(11)12/h2-5,12,15H,6-10H2,1H3,(H,16,17). The fraction of sp³-hybridized carbons (Fsp3) is 0.500. The van der Waals surface area contributed by atoms with Crippen LogP contribution in [0.25, 0.3) is 0 Å². The summed E-state index contributed by atoms with van der Waals surface area (Å²) in [5, 5.41) is 6.00. The topological polar surface area (TPSA) is 41.1 Å². The normalized spacial score (nSPS) is 17.8. The second-order valence-corrected chi connectivity index (χ2v) is 4.59. The maximum atomic E-state index is 11.5. The third-order valence-electron chi connectivity index (χ3n) is 3.40. The minimum atomic E-state index is 0.142. The molecule has 0 fully saturated rings. The minimum Gasteiger partial charge on any atom is -0.355 e. The van der Waals surface area contributed by atoms with E-state index in [4.69, 9.17) is 0 Å². The number of benzene rings is 1. The van der Waals surface area contributed by atoms with E-state index in [1.54, 1.807) is 0 Å². The molecule has 0 saturated heterocycles. The van der Waals surface area contributed by atoms with Gasteiger partial charge in [0.1, 0.15) is 0 Å². The molecule has 1 aliphatic carbocycles. The van der Waals surface area contributed by atoms with Gasteiger partial charge in [0, 0.05) is 25.4 Å². The van der Waals surface area contributed by atoms with E-state index in [-0.39, 0.29) is 5.91 Å². The molecule has 1 aromatic rings. The summed E-state index contributed by atoms with van der Waals surface area (Å²) in [4.78, 5) is 11.5. The van der Waals surface area contributed by atoms with Gasteiger partial charge in [-0.05, 0) is 31.0 Å². The van der Waals surface area contributed by atoms with Crippen molar-refractivity contribution in [2.45, 2.75) is 25.2 Å². The first-order valence-electron chi connectivity index (χ1n) is 6.30. The van der Waals surface area contributed by atoms with Gasteiger partial charge < -0.3 is 10.6 Å². The Kier molecular flexibility index (Phi) is 4.15. The molecule has 92 valence electrons. The van der Waals surface area contributed by atoms with E-state index in [1.165, 1.54) is 11.1 Å². The molecule has 0 radical (unpaired) electrons. The highest BCUT2D eigenvalue weighted by atomic mass is 16.1. The Bertz CT molecular complexity index is 390. The van der Waals surface area contributed by atoms with Crippen LogP contribution in [0.3, 0.4) is 0 Å². The van der Waals surface area contributed by atoms with E-state index in [0.717, 1.165) is 25.9 Å². The molecule has 0 aliphatic heterocycles. The van der Waals surface area contributed by atoms with E-state index in [0.29, 0.717) is 12.3 Å². The smallest absolute Gasteiger partial charge is 0.221 e. The van der Waals surface area contributed by atoms with Crippen LogP contribution in [0.5, 0.6) is 0 Å². The summed E-state index contributed by atoms with van der Waals surface area (Å²) in [5.74, 6) is 0.647. The lowest BCUT2D eigenvalue weighted by atomic mass is 10.0. The summed E-state index contributed by atoms with van der Waals surface area (Å²) in [6.07, 6.45) is 2.86. The van der Waals surface area contributed by atoms with Crippen molar-refractivity contribution in [3.05, 3.63) is 35.4 Å². The van der Waals surface area contributed by atoms with E-state index >= 15 is 0 Å². The van der Waals surface area contributed by atoms with Gasteiger partial charge in [0.2, 0.25) is 5.91 Å². The van der Waals surface area contributed by atoms with Gasteiger partial charge in [-0.2, -0.15) is 0 Å². The molecule has 1 atom stereocenters. The SMILES string of the molecule is CNCCC(=O)NCC1CCc2ccccc21. The average molecular weight is 232 g/mol. The maximum Gasteiger partial charge on any atom is 0.221 e. The monoisotopic (exact) mass is 232 g/mol. The molecule has 0 saturated carbocycles. The van der Waals surface area contributed by atoms with E-state index in [9.17, 15) is 4.79 Å². The number of carbonyl (C=O) groups excluding carboxylic acids is 1. The van der Waals surface area contributed by atoms with Crippen molar-refractivity contribution < 1.29 is 4.79 Å². The third-order valence-corrected chi connectivity index (χ3v) is 3.40. The third kappa shape index (κ3) is 3.07. The largest absolute Gasteiger partial charge is 0.355 e. The van der Waals surface area contributed by atoms with E-state index in [2.05, 4.69) is 34.9 Å². The second kappa shape index (κ2) is 5.82. The van der Waals surface area contributed by atoms with Crippen LogP contribution in [0.4, 0.5) is 0 Å². The molecule has 1 aromatic carbocycles. The van der Waals surface area contributed by atoms with Gasteiger partial charge in [-0.15, -0.1) is 0 Å². The number of amides is 1. The second-order valence-electron chi connectivity index (χ2n) is 4.59. The van der Waals surface area contributed by atoms with Crippen molar-refractivity contribution in [1.82, 2.24) is 10.6 Å². The number of rotatable bonds is 5. The van der Waals surface area contributed by atoms with Gasteiger partial charge in [-0.25, -0.2) is 0 Å². The first-order valence-corrected chi connectivity index (χ1v) is 6.30. The van der Waals surface area contributed by atoms with Gasteiger partial charge >= 0.3 is 0 Å². The lowest BCUT2D eigenvalue weighted by Crippen LogP contribution is -2.29. The zero-order valence-electron chi connectivity index (χ0n) is 10.3. The zero-order chi connectivity index (χ0) is 12.1. The summed E-state index contributed by atoms with van der Waals surface area (Å²) in [6.45, 7) is 1.52. The van der Waals surface area contributed by atoms with Crippen LogP contribution in [0.2, 0.25) is 0 Å². The van der Waals surface area contributed by atoms with Gasteiger partial charge in [0.25, 0.3) is 0 Å². The van der Waals surface area contributed by atoms with Crippen LogP contribution in [0.1, 0.15) is 29.9 Å². The van der Waals surface area contributed by atoms with Crippen molar-refractivity contribution >= 4 is 5.91 Å². The zero-order valence-corrected chi connectivity index (χ0v) is 10.3. The van der Waals surface area contributed by atoms with E-state index in [1.807, 2.05) is 7.05 Å². The summed E-state index contributed by atoms with van der Waals surface area (Å²) < 4.78 is 0. The number of fused-ring (bicyclic) bond motifs is 1. The Hall–Kier alpha value is -1.35.